The molecule has 2 aromatic heterocycles. The van der Waals surface area contributed by atoms with Crippen molar-refractivity contribution in [2.45, 2.75) is 77.0 Å². The van der Waals surface area contributed by atoms with Crippen molar-refractivity contribution in [2.75, 3.05) is 31.1 Å². The van der Waals surface area contributed by atoms with Gasteiger partial charge in [-0.1, -0.05) is 30.3 Å². The predicted molar refractivity (Wildman–Crippen MR) is 199 cm³/mol. The maximum absolute atomic E-state index is 17.3. The first-order chi connectivity index (χ1) is 23.9. The maximum Gasteiger partial charge on any atom is 0.319 e. The van der Waals surface area contributed by atoms with Crippen molar-refractivity contribution < 1.29 is 23.0 Å². The maximum atomic E-state index is 17.3. The zero-order valence-electron chi connectivity index (χ0n) is 28.7. The molecule has 0 radical (unpaired) electrons. The highest BCUT2D eigenvalue weighted by molar-refractivity contribution is 14.1. The van der Waals surface area contributed by atoms with E-state index in [0.717, 1.165) is 56.0 Å². The van der Waals surface area contributed by atoms with Crippen molar-refractivity contribution >= 4 is 56.1 Å². The molecule has 8 rings (SSSR count). The fourth-order valence-electron chi connectivity index (χ4n) is 8.78. The molecule has 2 bridgehead atoms. The Bertz CT molecular complexity index is 2020. The van der Waals surface area contributed by atoms with Crippen LogP contribution in [0, 0.1) is 26.8 Å². The molecule has 5 heterocycles. The Morgan fingerprint density at radius 3 is 2.78 bits per heavy atom. The fraction of sp³-hybridized carbons (Fsp3) is 0.487. The number of carbonyl (C=O) groups is 1. The van der Waals surface area contributed by atoms with E-state index in [2.05, 4.69) is 39.0 Å². The minimum absolute atomic E-state index is 0.0300. The molecule has 1 saturated carbocycles. The summed E-state index contributed by atoms with van der Waals surface area (Å²) in [6.07, 6.45) is 6.71. The van der Waals surface area contributed by atoms with Gasteiger partial charge in [0.05, 0.1) is 22.4 Å². The number of piperidine rings is 1. The number of benzene rings is 2. The van der Waals surface area contributed by atoms with E-state index >= 15 is 4.39 Å². The van der Waals surface area contributed by atoms with Gasteiger partial charge in [0, 0.05) is 25.1 Å². The minimum Gasteiger partial charge on any atom is -0.461 e. The Balaban J connectivity index is 1.29. The van der Waals surface area contributed by atoms with E-state index in [1.807, 2.05) is 30.3 Å². The monoisotopic (exact) mass is 793 g/mol. The molecule has 0 spiro atoms. The molecular weight excluding hydrogens is 751 g/mol. The first-order valence-electron chi connectivity index (χ1n) is 17.7. The molecule has 0 N–H and O–H groups in total. The zero-order chi connectivity index (χ0) is 34.9. The third-order valence-electron chi connectivity index (χ3n) is 11.2. The number of ether oxygens (including phenoxy) is 2. The number of hydrogen-bond donors (Lipinski definition) is 0. The summed E-state index contributed by atoms with van der Waals surface area (Å²) in [7, 11) is 0. The lowest BCUT2D eigenvalue weighted by Crippen LogP contribution is -2.45. The van der Waals surface area contributed by atoms with Crippen LogP contribution in [0.25, 0.3) is 32.9 Å². The van der Waals surface area contributed by atoms with Gasteiger partial charge >= 0.3 is 12.0 Å². The minimum atomic E-state index is -0.898. The standard InChI is InChI=1S/C39H42F2IN5O3/c1-5-29-24-12-11-22(15-24)19-47(29)35-30-33(44-37(45-35)49-21-39-13-8-14-46(39)20-25(40)18-39)31(41)32(43-34(30)42)28-17-26(50-36(48)38(2,3)4)16-23-9-6-7-10-27(23)28/h5-7,9-10,16-17,22,24-25,29H,1,8,11-15,18-21H2,2-4H3/t22-,24+,25+,29+,39-/m0/s1. The molecule has 1 aliphatic carbocycles. The summed E-state index contributed by atoms with van der Waals surface area (Å²) in [4.78, 5) is 32.0. The van der Waals surface area contributed by atoms with Gasteiger partial charge in [-0.25, -0.2) is 13.8 Å². The SMILES string of the molecule is C=C[C@@H]1[C@@H]2CC[C@@H](C2)CN1c1nc(OC[C@@]23CCCN2C[C@H](F)C3)nc2c(F)c(-c3cc(OC(=O)C(C)(C)C)cc4ccccc34)nc(I)c12. The van der Waals surface area contributed by atoms with Crippen molar-refractivity contribution in [3.63, 3.8) is 0 Å². The predicted octanol–water partition coefficient (Wildman–Crippen LogP) is 8.29. The zero-order valence-corrected chi connectivity index (χ0v) is 30.9. The number of fused-ring (bicyclic) bond motifs is 5. The number of esters is 1. The van der Waals surface area contributed by atoms with E-state index in [0.29, 0.717) is 51.0 Å². The largest absolute Gasteiger partial charge is 0.461 e. The molecule has 4 aliphatic rings. The second-order valence-corrected chi connectivity index (χ2v) is 16.7. The molecule has 2 aromatic carbocycles. The number of alkyl halides is 1. The summed E-state index contributed by atoms with van der Waals surface area (Å²) in [5.74, 6) is 0.833. The summed E-state index contributed by atoms with van der Waals surface area (Å²) >= 11 is 2.16. The van der Waals surface area contributed by atoms with E-state index in [9.17, 15) is 9.18 Å². The molecule has 4 aromatic rings. The van der Waals surface area contributed by atoms with Gasteiger partial charge in [-0.05, 0) is 117 Å². The van der Waals surface area contributed by atoms with Gasteiger partial charge in [-0.15, -0.1) is 6.58 Å². The Morgan fingerprint density at radius 2 is 1.98 bits per heavy atom. The van der Waals surface area contributed by atoms with Crippen molar-refractivity contribution in [3.05, 3.63) is 58.6 Å². The van der Waals surface area contributed by atoms with Gasteiger partial charge < -0.3 is 14.4 Å². The van der Waals surface area contributed by atoms with Gasteiger partial charge in [0.25, 0.3) is 0 Å². The molecule has 0 unspecified atom stereocenters. The van der Waals surface area contributed by atoms with Crippen LogP contribution >= 0.6 is 22.6 Å². The number of aromatic nitrogens is 3. The van der Waals surface area contributed by atoms with Crippen LogP contribution < -0.4 is 14.4 Å². The van der Waals surface area contributed by atoms with Crippen LogP contribution in [-0.2, 0) is 4.79 Å². The summed E-state index contributed by atoms with van der Waals surface area (Å²) < 4.78 is 44.7. The van der Waals surface area contributed by atoms with Crippen LogP contribution in [0.4, 0.5) is 14.6 Å². The molecule has 50 heavy (non-hydrogen) atoms. The van der Waals surface area contributed by atoms with Gasteiger partial charge in [0.2, 0.25) is 0 Å². The fourth-order valence-corrected chi connectivity index (χ4v) is 9.52. The Hall–Kier alpha value is -3.45. The van der Waals surface area contributed by atoms with Crippen molar-refractivity contribution in [3.8, 4) is 23.0 Å². The summed E-state index contributed by atoms with van der Waals surface area (Å²) in [5.41, 5.74) is -0.450. The number of halogens is 3. The first kappa shape index (κ1) is 33.7. The Labute approximate surface area is 304 Å². The number of nitrogens with zero attached hydrogens (tertiary/aromatic N) is 5. The summed E-state index contributed by atoms with van der Waals surface area (Å²) in [6, 6.07) is 11.2. The lowest BCUT2D eigenvalue weighted by atomic mass is 9.90. The van der Waals surface area contributed by atoms with E-state index in [-0.39, 0.29) is 29.9 Å². The van der Waals surface area contributed by atoms with E-state index < -0.39 is 28.9 Å². The van der Waals surface area contributed by atoms with Crippen molar-refractivity contribution in [2.24, 2.45) is 17.3 Å². The van der Waals surface area contributed by atoms with Crippen LogP contribution in [0.1, 0.15) is 59.3 Å². The van der Waals surface area contributed by atoms with Crippen molar-refractivity contribution in [1.82, 2.24) is 19.9 Å². The molecule has 0 amide bonds. The van der Waals surface area contributed by atoms with Gasteiger partial charge in [0.1, 0.15) is 39.3 Å². The highest BCUT2D eigenvalue weighted by atomic mass is 127. The summed E-state index contributed by atoms with van der Waals surface area (Å²) in [6.45, 7) is 11.8. The third-order valence-corrected chi connectivity index (χ3v) is 12.0. The molecule has 3 aliphatic heterocycles. The second-order valence-electron chi connectivity index (χ2n) is 15.6. The number of rotatable bonds is 7. The molecule has 262 valence electrons. The van der Waals surface area contributed by atoms with Crippen LogP contribution in [0.2, 0.25) is 0 Å². The van der Waals surface area contributed by atoms with Crippen LogP contribution in [0.3, 0.4) is 0 Å². The van der Waals surface area contributed by atoms with Crippen molar-refractivity contribution in [1.29, 1.82) is 0 Å². The second kappa shape index (κ2) is 12.6. The molecule has 11 heteroatoms. The Kier molecular flexibility index (Phi) is 8.52. The lowest BCUT2D eigenvalue weighted by Gasteiger charge is -2.40. The quantitative estimate of drug-likeness (QED) is 0.0609. The molecule has 5 atom stereocenters. The topological polar surface area (TPSA) is 80.7 Å². The van der Waals surface area contributed by atoms with Gasteiger partial charge in [0.15, 0.2) is 5.82 Å². The van der Waals surface area contributed by atoms with E-state index in [1.54, 1.807) is 32.9 Å². The van der Waals surface area contributed by atoms with Crippen LogP contribution in [0.5, 0.6) is 11.8 Å². The number of anilines is 1. The smallest absolute Gasteiger partial charge is 0.319 e. The van der Waals surface area contributed by atoms with Gasteiger partial charge in [-0.3, -0.25) is 9.69 Å². The number of carbonyl (C=O) groups excluding carboxylic acids is 1. The molecule has 3 saturated heterocycles. The number of hydrogen-bond acceptors (Lipinski definition) is 8. The molecule has 8 nitrogen and oxygen atoms in total. The lowest BCUT2D eigenvalue weighted by molar-refractivity contribution is -0.142. The summed E-state index contributed by atoms with van der Waals surface area (Å²) in [5, 5.41) is 2.07. The molecule has 4 fully saturated rings. The highest BCUT2D eigenvalue weighted by Gasteiger charge is 2.49. The average Bonchev–Trinajstić information content (AvgIpc) is 3.75. The van der Waals surface area contributed by atoms with Gasteiger partial charge in [-0.2, -0.15) is 9.97 Å². The normalized spacial score (nSPS) is 26.5. The molecular formula is C39H42F2IN5O3. The third kappa shape index (κ3) is 5.81. The van der Waals surface area contributed by atoms with Crippen LogP contribution in [-0.4, -0.2) is 69.8 Å². The number of pyridine rings is 1. The van der Waals surface area contributed by atoms with E-state index in [1.165, 1.54) is 0 Å². The highest BCUT2D eigenvalue weighted by Crippen LogP contribution is 2.46. The average molecular weight is 794 g/mol. The van der Waals surface area contributed by atoms with Crippen LogP contribution in [0.15, 0.2) is 49.1 Å². The Morgan fingerprint density at radius 1 is 1.16 bits per heavy atom. The van der Waals surface area contributed by atoms with E-state index in [4.69, 9.17) is 24.4 Å². The first-order valence-corrected chi connectivity index (χ1v) is 18.8.